The molecular weight excluding hydrogens is 437 g/mol. The lowest BCUT2D eigenvalue weighted by Gasteiger charge is -2.16. The van der Waals surface area contributed by atoms with Crippen molar-refractivity contribution in [3.05, 3.63) is 77.9 Å². The van der Waals surface area contributed by atoms with E-state index >= 15 is 0 Å². The van der Waals surface area contributed by atoms with Crippen LogP contribution in [0.3, 0.4) is 0 Å². The summed E-state index contributed by atoms with van der Waals surface area (Å²) in [5.41, 5.74) is 0.535. The van der Waals surface area contributed by atoms with Crippen LogP contribution in [0.4, 0.5) is 10.1 Å². The number of pyridine rings is 1. The quantitative estimate of drug-likeness (QED) is 0.510. The molecule has 0 aliphatic carbocycles. The molecule has 0 aliphatic heterocycles. The van der Waals surface area contributed by atoms with E-state index in [4.69, 9.17) is 9.47 Å². The van der Waals surface area contributed by atoms with Crippen molar-refractivity contribution >= 4 is 21.6 Å². The number of hydrogen-bond acceptors (Lipinski definition) is 6. The number of amides is 1. The monoisotopic (exact) mass is 459 g/mol. The van der Waals surface area contributed by atoms with E-state index in [2.05, 4.69) is 15.0 Å². The van der Waals surface area contributed by atoms with Gasteiger partial charge in [0.25, 0.3) is 15.9 Å². The lowest BCUT2D eigenvalue weighted by atomic mass is 10.1. The van der Waals surface area contributed by atoms with E-state index in [1.165, 1.54) is 38.5 Å². The largest absolute Gasteiger partial charge is 0.493 e. The summed E-state index contributed by atoms with van der Waals surface area (Å²) in [5, 5.41) is 2.72. The average Bonchev–Trinajstić information content (AvgIpc) is 2.80. The van der Waals surface area contributed by atoms with Crippen molar-refractivity contribution in [3.8, 4) is 11.5 Å². The number of aromatic nitrogens is 1. The van der Waals surface area contributed by atoms with Gasteiger partial charge in [0.05, 0.1) is 30.4 Å². The molecule has 3 aromatic rings. The number of sulfonamides is 1. The molecule has 1 heterocycles. The summed E-state index contributed by atoms with van der Waals surface area (Å²) in [6.07, 6.45) is 2.14. The Morgan fingerprint density at radius 1 is 1.06 bits per heavy atom. The van der Waals surface area contributed by atoms with E-state index in [1.807, 2.05) is 12.1 Å². The number of benzene rings is 2. The number of halogens is 1. The van der Waals surface area contributed by atoms with Crippen molar-refractivity contribution in [1.82, 2.24) is 10.3 Å². The van der Waals surface area contributed by atoms with Crippen LogP contribution < -0.4 is 19.5 Å². The van der Waals surface area contributed by atoms with Gasteiger partial charge in [0.1, 0.15) is 5.82 Å². The smallest absolute Gasteiger partial charge is 0.262 e. The van der Waals surface area contributed by atoms with Gasteiger partial charge < -0.3 is 14.8 Å². The summed E-state index contributed by atoms with van der Waals surface area (Å²) >= 11 is 0. The molecule has 8 nitrogen and oxygen atoms in total. The zero-order valence-corrected chi connectivity index (χ0v) is 18.3. The maximum Gasteiger partial charge on any atom is 0.262 e. The zero-order valence-electron chi connectivity index (χ0n) is 17.5. The number of carbonyl (C=O) groups excluding carboxylic acids is 1. The molecule has 3 rings (SSSR count). The van der Waals surface area contributed by atoms with E-state index in [-0.39, 0.29) is 34.2 Å². The number of hydrogen-bond donors (Lipinski definition) is 2. The molecule has 1 aromatic heterocycles. The molecule has 2 N–H and O–H groups in total. The molecule has 32 heavy (non-hydrogen) atoms. The number of nitrogens with one attached hydrogen (secondary N) is 2. The Kier molecular flexibility index (Phi) is 7.26. The summed E-state index contributed by atoms with van der Waals surface area (Å²) in [7, 11) is -1.57. The molecule has 2 aromatic carbocycles. The number of carbonyl (C=O) groups is 1. The first-order valence-electron chi connectivity index (χ1n) is 9.57. The van der Waals surface area contributed by atoms with E-state index in [0.717, 1.165) is 17.8 Å². The van der Waals surface area contributed by atoms with Gasteiger partial charge in [0.15, 0.2) is 11.5 Å². The van der Waals surface area contributed by atoms with Crippen LogP contribution in [0.15, 0.2) is 65.7 Å². The molecule has 0 atom stereocenters. The minimum Gasteiger partial charge on any atom is -0.493 e. The predicted molar refractivity (Wildman–Crippen MR) is 117 cm³/mol. The molecule has 1 amide bonds. The third-order valence-corrected chi connectivity index (χ3v) is 5.86. The number of rotatable bonds is 9. The summed E-state index contributed by atoms with van der Waals surface area (Å²) in [6, 6.07) is 13.2. The highest BCUT2D eigenvalue weighted by atomic mass is 32.2. The fourth-order valence-electron chi connectivity index (χ4n) is 2.96. The van der Waals surface area contributed by atoms with Crippen LogP contribution >= 0.6 is 0 Å². The van der Waals surface area contributed by atoms with Gasteiger partial charge in [-0.25, -0.2) is 12.8 Å². The first-order valence-corrected chi connectivity index (χ1v) is 11.1. The predicted octanol–water partition coefficient (Wildman–Crippen LogP) is 3.01. The van der Waals surface area contributed by atoms with Crippen LogP contribution in [-0.2, 0) is 16.4 Å². The second-order valence-electron chi connectivity index (χ2n) is 6.62. The Bertz CT molecular complexity index is 1200. The Labute approximate surface area is 185 Å². The standard InChI is InChI=1S/C22H22FN3O5S/c1-30-20-14-16(32(28,29)26-19-9-4-3-8-18(19)23)13-17(21(20)31-2)22(27)25-12-10-15-7-5-6-11-24-15/h3-9,11,13-14,26H,10,12H2,1-2H3,(H,25,27). The van der Waals surface area contributed by atoms with Crippen LogP contribution in [0, 0.1) is 5.82 Å². The zero-order chi connectivity index (χ0) is 23.1. The average molecular weight is 459 g/mol. The van der Waals surface area contributed by atoms with E-state index < -0.39 is 21.7 Å². The molecule has 0 saturated heterocycles. The molecule has 10 heteroatoms. The normalized spacial score (nSPS) is 11.0. The lowest BCUT2D eigenvalue weighted by molar-refractivity contribution is 0.0950. The molecule has 0 spiro atoms. The Hall–Kier alpha value is -3.66. The minimum absolute atomic E-state index is 0.0400. The third kappa shape index (κ3) is 5.33. The number of methoxy groups -OCH3 is 2. The van der Waals surface area contributed by atoms with Gasteiger partial charge in [-0.15, -0.1) is 0 Å². The summed E-state index contributed by atoms with van der Waals surface area (Å²) in [4.78, 5) is 16.7. The van der Waals surface area contributed by atoms with E-state index in [9.17, 15) is 17.6 Å². The van der Waals surface area contributed by atoms with Gasteiger partial charge in [-0.05, 0) is 30.3 Å². The SMILES string of the molecule is COc1cc(S(=O)(=O)Nc2ccccc2F)cc(C(=O)NCCc2ccccn2)c1OC. The van der Waals surface area contributed by atoms with E-state index in [1.54, 1.807) is 12.3 Å². The van der Waals surface area contributed by atoms with Gasteiger partial charge in [0.2, 0.25) is 0 Å². The Morgan fingerprint density at radius 3 is 2.47 bits per heavy atom. The number of nitrogens with zero attached hydrogens (tertiary/aromatic N) is 1. The van der Waals surface area contributed by atoms with Crippen LogP contribution in [0.2, 0.25) is 0 Å². The highest BCUT2D eigenvalue weighted by Gasteiger charge is 2.24. The molecular formula is C22H22FN3O5S. The van der Waals surface area contributed by atoms with Gasteiger partial charge in [0, 0.05) is 30.9 Å². The van der Waals surface area contributed by atoms with Gasteiger partial charge >= 0.3 is 0 Å². The molecule has 0 radical (unpaired) electrons. The topological polar surface area (TPSA) is 107 Å². The second-order valence-corrected chi connectivity index (χ2v) is 8.30. The summed E-state index contributed by atoms with van der Waals surface area (Å²) in [5.74, 6) is -1.17. The highest BCUT2D eigenvalue weighted by Crippen LogP contribution is 2.35. The van der Waals surface area contributed by atoms with Crippen molar-refractivity contribution in [2.24, 2.45) is 0 Å². The fraction of sp³-hybridized carbons (Fsp3) is 0.182. The van der Waals surface area contributed by atoms with Crippen LogP contribution in [0.1, 0.15) is 16.1 Å². The minimum atomic E-state index is -4.23. The molecule has 0 bridgehead atoms. The van der Waals surface area contributed by atoms with Gasteiger partial charge in [-0.1, -0.05) is 18.2 Å². The van der Waals surface area contributed by atoms with E-state index in [0.29, 0.717) is 6.42 Å². The van der Waals surface area contributed by atoms with Crippen molar-refractivity contribution in [2.45, 2.75) is 11.3 Å². The van der Waals surface area contributed by atoms with Crippen LogP contribution in [-0.4, -0.2) is 40.1 Å². The van der Waals surface area contributed by atoms with Gasteiger partial charge in [-0.2, -0.15) is 0 Å². The van der Waals surface area contributed by atoms with Crippen LogP contribution in [0.5, 0.6) is 11.5 Å². The van der Waals surface area contributed by atoms with Crippen molar-refractivity contribution in [2.75, 3.05) is 25.5 Å². The molecule has 0 saturated carbocycles. The highest BCUT2D eigenvalue weighted by molar-refractivity contribution is 7.92. The van der Waals surface area contributed by atoms with Crippen molar-refractivity contribution < 1.29 is 27.1 Å². The molecule has 0 fully saturated rings. The fourth-order valence-corrected chi connectivity index (χ4v) is 4.06. The summed E-state index contributed by atoms with van der Waals surface area (Å²) in [6.45, 7) is 0.270. The lowest BCUT2D eigenvalue weighted by Crippen LogP contribution is -2.27. The molecule has 168 valence electrons. The van der Waals surface area contributed by atoms with Crippen LogP contribution in [0.25, 0.3) is 0 Å². The Morgan fingerprint density at radius 2 is 1.81 bits per heavy atom. The molecule has 0 aliphatic rings. The second kappa shape index (κ2) is 10.1. The first kappa shape index (κ1) is 23.0. The van der Waals surface area contributed by atoms with Gasteiger partial charge in [-0.3, -0.25) is 14.5 Å². The van der Waals surface area contributed by atoms with Crippen molar-refractivity contribution in [1.29, 1.82) is 0 Å². The summed E-state index contributed by atoms with van der Waals surface area (Å²) < 4.78 is 52.4. The number of anilines is 1. The maximum atomic E-state index is 13.9. The number of ether oxygens (including phenoxy) is 2. The van der Waals surface area contributed by atoms with Crippen molar-refractivity contribution in [3.63, 3.8) is 0 Å². The molecule has 0 unspecified atom stereocenters. The Balaban J connectivity index is 1.89. The first-order chi connectivity index (χ1) is 15.4. The number of para-hydroxylation sites is 1. The maximum absolute atomic E-state index is 13.9. The third-order valence-electron chi connectivity index (χ3n) is 4.52.